The number of nitrogens with zero attached hydrogens (tertiary/aromatic N) is 2. The summed E-state index contributed by atoms with van der Waals surface area (Å²) in [4.78, 5) is 16.0. The smallest absolute Gasteiger partial charge is 0.248 e. The summed E-state index contributed by atoms with van der Waals surface area (Å²) in [6, 6.07) is 0. The fourth-order valence-corrected chi connectivity index (χ4v) is 1.87. The minimum atomic E-state index is 0.108. The molecule has 100 valence electrons. The maximum Gasteiger partial charge on any atom is 0.248 e. The van der Waals surface area contributed by atoms with Gasteiger partial charge in [-0.1, -0.05) is 0 Å². The van der Waals surface area contributed by atoms with Crippen molar-refractivity contribution >= 4 is 5.91 Å². The Kier molecular flexibility index (Phi) is 6.47. The van der Waals surface area contributed by atoms with Gasteiger partial charge in [-0.25, -0.2) is 0 Å². The van der Waals surface area contributed by atoms with Crippen LogP contribution in [0.3, 0.4) is 0 Å². The lowest BCUT2D eigenvalue weighted by Crippen LogP contribution is -2.50. The zero-order valence-corrected chi connectivity index (χ0v) is 11.0. The number of carbonyl (C=O) groups is 1. The molecule has 2 N–H and O–H groups in total. The molecule has 0 unspecified atom stereocenters. The third-order valence-corrected chi connectivity index (χ3v) is 2.94. The third-order valence-electron chi connectivity index (χ3n) is 2.94. The van der Waals surface area contributed by atoms with E-state index in [0.717, 1.165) is 45.7 Å². The monoisotopic (exact) mass is 243 g/mol. The summed E-state index contributed by atoms with van der Waals surface area (Å²) in [6.07, 6.45) is 1.15. The van der Waals surface area contributed by atoms with Crippen molar-refractivity contribution in [3.05, 3.63) is 0 Å². The average Bonchev–Trinajstić information content (AvgIpc) is 2.34. The van der Waals surface area contributed by atoms with E-state index in [0.29, 0.717) is 0 Å². The maximum atomic E-state index is 11.8. The molecular weight excluding hydrogens is 218 g/mol. The first-order chi connectivity index (χ1) is 8.13. The van der Waals surface area contributed by atoms with Crippen LogP contribution in [0.15, 0.2) is 0 Å². The lowest BCUT2D eigenvalue weighted by Gasteiger charge is -2.34. The lowest BCUT2D eigenvalue weighted by molar-refractivity contribution is -0.139. The maximum absolute atomic E-state index is 11.8. The Balaban J connectivity index is 2.19. The van der Waals surface area contributed by atoms with E-state index in [1.54, 1.807) is 0 Å². The highest BCUT2D eigenvalue weighted by molar-refractivity contribution is 5.77. The Morgan fingerprint density at radius 1 is 1.29 bits per heavy atom. The van der Waals surface area contributed by atoms with Gasteiger partial charge in [-0.05, 0) is 33.4 Å². The number of hydrogen-bond acceptors (Lipinski definition) is 4. The average molecular weight is 243 g/mol. The number of carbonyl (C=O) groups excluding carboxylic acids is 1. The zero-order valence-electron chi connectivity index (χ0n) is 11.0. The molecule has 1 aliphatic rings. The molecule has 0 aromatic carbocycles. The summed E-state index contributed by atoms with van der Waals surface area (Å²) < 4.78 is 5.33. The molecule has 1 fully saturated rings. The molecule has 17 heavy (non-hydrogen) atoms. The highest BCUT2D eigenvalue weighted by atomic mass is 16.5. The first-order valence-electron chi connectivity index (χ1n) is 6.45. The van der Waals surface area contributed by atoms with Crippen molar-refractivity contribution in [3.8, 4) is 0 Å². The first kappa shape index (κ1) is 14.4. The standard InChI is InChI=1S/C12H25N3O2/c1-11(2)17-10-12(16)15-8-6-14(7-9-15)5-3-4-13/h11H,3-10,13H2,1-2H3. The van der Waals surface area contributed by atoms with Crippen LogP contribution in [0.25, 0.3) is 0 Å². The van der Waals surface area contributed by atoms with Crippen LogP contribution >= 0.6 is 0 Å². The topological polar surface area (TPSA) is 58.8 Å². The molecule has 0 aromatic rings. The number of amides is 1. The van der Waals surface area contributed by atoms with E-state index in [2.05, 4.69) is 4.90 Å². The van der Waals surface area contributed by atoms with Gasteiger partial charge in [0.05, 0.1) is 6.10 Å². The van der Waals surface area contributed by atoms with Crippen LogP contribution < -0.4 is 5.73 Å². The number of ether oxygens (including phenoxy) is 1. The molecule has 1 heterocycles. The van der Waals surface area contributed by atoms with Gasteiger partial charge in [0.25, 0.3) is 0 Å². The first-order valence-corrected chi connectivity index (χ1v) is 6.45. The summed E-state index contributed by atoms with van der Waals surface area (Å²) >= 11 is 0. The highest BCUT2D eigenvalue weighted by Crippen LogP contribution is 2.03. The van der Waals surface area contributed by atoms with Crippen LogP contribution in [0.1, 0.15) is 20.3 Å². The molecule has 1 saturated heterocycles. The second-order valence-electron chi connectivity index (χ2n) is 4.72. The second-order valence-corrected chi connectivity index (χ2v) is 4.72. The van der Waals surface area contributed by atoms with Crippen LogP contribution in [-0.4, -0.2) is 67.7 Å². The quantitative estimate of drug-likeness (QED) is 0.708. The van der Waals surface area contributed by atoms with Crippen LogP contribution in [0.4, 0.5) is 0 Å². The van der Waals surface area contributed by atoms with E-state index in [9.17, 15) is 4.79 Å². The summed E-state index contributed by atoms with van der Waals surface area (Å²) in [5, 5.41) is 0. The highest BCUT2D eigenvalue weighted by Gasteiger charge is 2.20. The summed E-state index contributed by atoms with van der Waals surface area (Å²) in [6.45, 7) is 9.40. The van der Waals surface area contributed by atoms with Gasteiger partial charge in [0, 0.05) is 26.2 Å². The Labute approximate surface area is 104 Å². The van der Waals surface area contributed by atoms with Crippen LogP contribution in [0, 0.1) is 0 Å². The Bertz CT molecular complexity index is 226. The molecule has 0 radical (unpaired) electrons. The van der Waals surface area contributed by atoms with Crippen molar-refractivity contribution in [1.29, 1.82) is 0 Å². The predicted molar refractivity (Wildman–Crippen MR) is 67.8 cm³/mol. The molecule has 5 nitrogen and oxygen atoms in total. The van der Waals surface area contributed by atoms with Crippen molar-refractivity contribution < 1.29 is 9.53 Å². The molecule has 0 aromatic heterocycles. The van der Waals surface area contributed by atoms with E-state index < -0.39 is 0 Å². The largest absolute Gasteiger partial charge is 0.369 e. The fraction of sp³-hybridized carbons (Fsp3) is 0.917. The zero-order chi connectivity index (χ0) is 12.7. The Morgan fingerprint density at radius 3 is 2.47 bits per heavy atom. The van der Waals surface area contributed by atoms with E-state index >= 15 is 0 Å². The van der Waals surface area contributed by atoms with Crippen LogP contribution in [-0.2, 0) is 9.53 Å². The van der Waals surface area contributed by atoms with Gasteiger partial charge < -0.3 is 15.4 Å². The third kappa shape index (κ3) is 5.48. The normalized spacial score (nSPS) is 17.8. The van der Waals surface area contributed by atoms with Crippen molar-refractivity contribution in [1.82, 2.24) is 9.80 Å². The number of hydrogen-bond donors (Lipinski definition) is 1. The molecular formula is C12H25N3O2. The molecule has 0 saturated carbocycles. The van der Waals surface area contributed by atoms with E-state index in [1.165, 1.54) is 0 Å². The van der Waals surface area contributed by atoms with Crippen molar-refractivity contribution in [2.75, 3.05) is 45.9 Å². The Morgan fingerprint density at radius 2 is 1.94 bits per heavy atom. The number of piperazine rings is 1. The van der Waals surface area contributed by atoms with E-state index in [-0.39, 0.29) is 18.6 Å². The molecule has 0 bridgehead atoms. The number of rotatable bonds is 6. The van der Waals surface area contributed by atoms with Crippen molar-refractivity contribution in [2.24, 2.45) is 5.73 Å². The molecule has 5 heteroatoms. The van der Waals surface area contributed by atoms with Gasteiger partial charge in [-0.15, -0.1) is 0 Å². The van der Waals surface area contributed by atoms with Gasteiger partial charge in [-0.2, -0.15) is 0 Å². The van der Waals surface area contributed by atoms with Crippen LogP contribution in [0.2, 0.25) is 0 Å². The van der Waals surface area contributed by atoms with Gasteiger partial charge in [0.15, 0.2) is 0 Å². The van der Waals surface area contributed by atoms with Gasteiger partial charge in [0.1, 0.15) is 6.61 Å². The molecule has 1 amide bonds. The molecule has 0 atom stereocenters. The summed E-state index contributed by atoms with van der Waals surface area (Å²) in [5.74, 6) is 0.108. The lowest BCUT2D eigenvalue weighted by atomic mass is 10.3. The van der Waals surface area contributed by atoms with Crippen molar-refractivity contribution in [3.63, 3.8) is 0 Å². The minimum Gasteiger partial charge on any atom is -0.369 e. The van der Waals surface area contributed by atoms with E-state index in [4.69, 9.17) is 10.5 Å². The van der Waals surface area contributed by atoms with Gasteiger partial charge in [-0.3, -0.25) is 9.69 Å². The number of nitrogens with two attached hydrogens (primary N) is 1. The SMILES string of the molecule is CC(C)OCC(=O)N1CCN(CCCN)CC1. The van der Waals surface area contributed by atoms with E-state index in [1.807, 2.05) is 18.7 Å². The minimum absolute atomic E-state index is 0.108. The molecule has 0 spiro atoms. The van der Waals surface area contributed by atoms with Gasteiger partial charge >= 0.3 is 0 Å². The molecule has 1 rings (SSSR count). The molecule has 1 aliphatic heterocycles. The summed E-state index contributed by atoms with van der Waals surface area (Å²) in [5.41, 5.74) is 5.48. The fourth-order valence-electron chi connectivity index (χ4n) is 1.87. The van der Waals surface area contributed by atoms with Crippen LogP contribution in [0.5, 0.6) is 0 Å². The second kappa shape index (κ2) is 7.63. The molecule has 0 aliphatic carbocycles. The Hall–Kier alpha value is -0.650. The summed E-state index contributed by atoms with van der Waals surface area (Å²) in [7, 11) is 0. The van der Waals surface area contributed by atoms with Crippen molar-refractivity contribution in [2.45, 2.75) is 26.4 Å². The van der Waals surface area contributed by atoms with Gasteiger partial charge in [0.2, 0.25) is 5.91 Å². The predicted octanol–water partition coefficient (Wildman–Crippen LogP) is -0.0956.